The maximum absolute atomic E-state index is 13.5. The summed E-state index contributed by atoms with van der Waals surface area (Å²) >= 11 is 0. The van der Waals surface area contributed by atoms with Crippen LogP contribution in [0.4, 0.5) is 4.39 Å². The van der Waals surface area contributed by atoms with Gasteiger partial charge in [-0.25, -0.2) is 12.8 Å². The minimum Gasteiger partial charge on any atom is -0.480 e. The number of rotatable bonds is 4. The number of nitrogens with zero attached hydrogens (tertiary/aromatic N) is 2. The highest BCUT2D eigenvalue weighted by Crippen LogP contribution is 2.18. The van der Waals surface area contributed by atoms with Gasteiger partial charge in [0.05, 0.1) is 18.6 Å². The van der Waals surface area contributed by atoms with Crippen molar-refractivity contribution in [1.29, 1.82) is 0 Å². The van der Waals surface area contributed by atoms with Gasteiger partial charge in [0.1, 0.15) is 10.7 Å². The van der Waals surface area contributed by atoms with E-state index in [2.05, 4.69) is 10.2 Å². The predicted molar refractivity (Wildman–Crippen MR) is 65.9 cm³/mol. The van der Waals surface area contributed by atoms with Gasteiger partial charge in [-0.3, -0.25) is 0 Å². The minimum atomic E-state index is -3.78. The van der Waals surface area contributed by atoms with Crippen LogP contribution in [-0.2, 0) is 15.6 Å². The Hall–Kier alpha value is -2.02. The number of benzene rings is 1. The zero-order valence-corrected chi connectivity index (χ0v) is 10.9. The Kier molecular flexibility index (Phi) is 3.75. The number of sulfone groups is 1. The molecule has 0 saturated heterocycles. The first-order valence-electron chi connectivity index (χ1n) is 5.37. The third kappa shape index (κ3) is 3.05. The molecule has 0 atom stereocenters. The van der Waals surface area contributed by atoms with Crippen LogP contribution >= 0.6 is 0 Å². The second-order valence-corrected chi connectivity index (χ2v) is 5.71. The highest BCUT2D eigenvalue weighted by Gasteiger charge is 2.20. The van der Waals surface area contributed by atoms with E-state index in [0.29, 0.717) is 0 Å². The molecule has 0 bridgehead atoms. The van der Waals surface area contributed by atoms with Gasteiger partial charge in [0.25, 0.3) is 0 Å². The molecule has 1 aromatic heterocycles. The number of ether oxygens (including phenoxy) is 1. The highest BCUT2D eigenvalue weighted by molar-refractivity contribution is 7.90. The van der Waals surface area contributed by atoms with Gasteiger partial charge in [0.15, 0.2) is 9.84 Å². The van der Waals surface area contributed by atoms with Crippen molar-refractivity contribution in [3.63, 3.8) is 0 Å². The van der Waals surface area contributed by atoms with E-state index in [-0.39, 0.29) is 16.5 Å². The number of aromatic nitrogens is 2. The fraction of sp³-hybridized carbons (Fsp3) is 0.167. The maximum atomic E-state index is 13.5. The van der Waals surface area contributed by atoms with E-state index in [1.807, 2.05) is 0 Å². The fourth-order valence-corrected chi connectivity index (χ4v) is 2.85. The molecule has 0 aliphatic carbocycles. The molecule has 0 unspecified atom stereocenters. The zero-order valence-electron chi connectivity index (χ0n) is 10.1. The van der Waals surface area contributed by atoms with Crippen molar-refractivity contribution in [3.05, 3.63) is 47.9 Å². The molecule has 0 amide bonds. The topological polar surface area (TPSA) is 69.2 Å². The lowest BCUT2D eigenvalue weighted by Gasteiger charge is -2.05. The third-order valence-corrected chi connectivity index (χ3v) is 4.09. The molecule has 2 rings (SSSR count). The summed E-state index contributed by atoms with van der Waals surface area (Å²) in [5.74, 6) is -0.902. The Balaban J connectivity index is 2.28. The molecular weight excluding hydrogens is 271 g/mol. The number of hydrogen-bond donors (Lipinski definition) is 0. The molecule has 0 N–H and O–H groups in total. The predicted octanol–water partition coefficient (Wildman–Crippen LogP) is 1.60. The average Bonchev–Trinajstić information content (AvgIpc) is 2.39. The normalized spacial score (nSPS) is 11.3. The molecule has 0 aliphatic rings. The van der Waals surface area contributed by atoms with Crippen molar-refractivity contribution >= 4 is 9.84 Å². The van der Waals surface area contributed by atoms with Gasteiger partial charge in [-0.2, -0.15) is 5.10 Å². The molecule has 5 nitrogen and oxygen atoms in total. The molecule has 100 valence electrons. The van der Waals surface area contributed by atoms with Crippen LogP contribution in [0.2, 0.25) is 0 Å². The Morgan fingerprint density at radius 2 is 1.89 bits per heavy atom. The van der Waals surface area contributed by atoms with Gasteiger partial charge in [-0.05, 0) is 18.2 Å². The monoisotopic (exact) mass is 282 g/mol. The van der Waals surface area contributed by atoms with Gasteiger partial charge in [-0.1, -0.05) is 12.1 Å². The smallest absolute Gasteiger partial charge is 0.233 e. The molecule has 19 heavy (non-hydrogen) atoms. The lowest BCUT2D eigenvalue weighted by Crippen LogP contribution is -2.09. The summed E-state index contributed by atoms with van der Waals surface area (Å²) in [5.41, 5.74) is 0.226. The third-order valence-electron chi connectivity index (χ3n) is 2.41. The number of methoxy groups -OCH3 is 1. The van der Waals surface area contributed by atoms with E-state index in [1.54, 1.807) is 0 Å². The summed E-state index contributed by atoms with van der Waals surface area (Å²) in [6.45, 7) is 0. The standard InChI is InChI=1S/C12H11FN2O3S/c1-18-12-7-6-9(14-15-12)8-19(16,17)11-5-3-2-4-10(11)13/h2-7H,8H2,1H3. The van der Waals surface area contributed by atoms with Crippen LogP contribution < -0.4 is 4.74 Å². The lowest BCUT2D eigenvalue weighted by molar-refractivity contribution is 0.391. The molecule has 7 heteroatoms. The van der Waals surface area contributed by atoms with Crippen LogP contribution in [0.15, 0.2) is 41.3 Å². The minimum absolute atomic E-state index is 0.226. The maximum Gasteiger partial charge on any atom is 0.233 e. The summed E-state index contributed by atoms with van der Waals surface area (Å²) in [5, 5.41) is 7.38. The second kappa shape index (κ2) is 5.31. The van der Waals surface area contributed by atoms with Crippen LogP contribution in [0.5, 0.6) is 5.88 Å². The number of halogens is 1. The SMILES string of the molecule is COc1ccc(CS(=O)(=O)c2ccccc2F)nn1. The lowest BCUT2D eigenvalue weighted by atomic mass is 10.3. The van der Waals surface area contributed by atoms with Crippen molar-refractivity contribution in [2.45, 2.75) is 10.6 Å². The first kappa shape index (κ1) is 13.4. The van der Waals surface area contributed by atoms with Crippen molar-refractivity contribution < 1.29 is 17.5 Å². The van der Waals surface area contributed by atoms with Crippen LogP contribution in [0, 0.1) is 5.82 Å². The van der Waals surface area contributed by atoms with Crippen LogP contribution in [-0.4, -0.2) is 25.7 Å². The fourth-order valence-electron chi connectivity index (χ4n) is 1.50. The molecule has 0 spiro atoms. The molecular formula is C12H11FN2O3S. The second-order valence-electron chi connectivity index (χ2n) is 3.76. The van der Waals surface area contributed by atoms with Crippen molar-refractivity contribution in [2.24, 2.45) is 0 Å². The van der Waals surface area contributed by atoms with E-state index in [4.69, 9.17) is 4.74 Å². The Labute approximate surface area is 110 Å². The first-order valence-corrected chi connectivity index (χ1v) is 7.02. The van der Waals surface area contributed by atoms with Gasteiger partial charge in [0, 0.05) is 6.07 Å². The zero-order chi connectivity index (χ0) is 13.9. The summed E-state index contributed by atoms with van der Waals surface area (Å²) in [4.78, 5) is -0.340. The van der Waals surface area contributed by atoms with E-state index < -0.39 is 21.4 Å². The summed E-state index contributed by atoms with van der Waals surface area (Å²) < 4.78 is 42.4. The number of hydrogen-bond acceptors (Lipinski definition) is 5. The summed E-state index contributed by atoms with van der Waals surface area (Å²) in [7, 11) is -2.35. The quantitative estimate of drug-likeness (QED) is 0.852. The van der Waals surface area contributed by atoms with Crippen molar-refractivity contribution in [3.8, 4) is 5.88 Å². The highest BCUT2D eigenvalue weighted by atomic mass is 32.2. The van der Waals surface area contributed by atoms with E-state index in [9.17, 15) is 12.8 Å². The van der Waals surface area contributed by atoms with Crippen molar-refractivity contribution in [2.75, 3.05) is 7.11 Å². The van der Waals surface area contributed by atoms with Gasteiger partial charge in [0.2, 0.25) is 5.88 Å². The Morgan fingerprint density at radius 1 is 1.16 bits per heavy atom. The van der Waals surface area contributed by atoms with Crippen LogP contribution in [0.1, 0.15) is 5.69 Å². The molecule has 1 heterocycles. The molecule has 0 radical (unpaired) electrons. The van der Waals surface area contributed by atoms with E-state index in [0.717, 1.165) is 6.07 Å². The first-order chi connectivity index (χ1) is 9.03. The molecule has 0 aliphatic heterocycles. The van der Waals surface area contributed by atoms with Gasteiger partial charge < -0.3 is 4.74 Å². The Morgan fingerprint density at radius 3 is 2.47 bits per heavy atom. The molecule has 2 aromatic rings. The summed E-state index contributed by atoms with van der Waals surface area (Å²) in [6, 6.07) is 8.20. The van der Waals surface area contributed by atoms with Gasteiger partial charge >= 0.3 is 0 Å². The summed E-state index contributed by atoms with van der Waals surface area (Å²) in [6.07, 6.45) is 0. The average molecular weight is 282 g/mol. The molecule has 0 fully saturated rings. The van der Waals surface area contributed by atoms with E-state index >= 15 is 0 Å². The van der Waals surface area contributed by atoms with Crippen LogP contribution in [0.3, 0.4) is 0 Å². The molecule has 0 saturated carbocycles. The van der Waals surface area contributed by atoms with Crippen LogP contribution in [0.25, 0.3) is 0 Å². The van der Waals surface area contributed by atoms with Crippen molar-refractivity contribution in [1.82, 2.24) is 10.2 Å². The Bertz CT molecular complexity index is 672. The van der Waals surface area contributed by atoms with Gasteiger partial charge in [-0.15, -0.1) is 5.10 Å². The molecule has 1 aromatic carbocycles. The van der Waals surface area contributed by atoms with E-state index in [1.165, 1.54) is 37.4 Å². The largest absolute Gasteiger partial charge is 0.480 e.